The van der Waals surface area contributed by atoms with Crippen LogP contribution in [0.15, 0.2) is 46.9 Å². The molecule has 4 heteroatoms. The fourth-order valence-electron chi connectivity index (χ4n) is 2.05. The minimum atomic E-state index is 0.615. The number of aryl methyl sites for hydroxylation is 1. The molecule has 0 saturated carbocycles. The van der Waals surface area contributed by atoms with E-state index < -0.39 is 0 Å². The van der Waals surface area contributed by atoms with Crippen molar-refractivity contribution in [3.8, 4) is 5.75 Å². The van der Waals surface area contributed by atoms with Crippen molar-refractivity contribution in [1.82, 2.24) is 9.97 Å². The van der Waals surface area contributed by atoms with E-state index >= 15 is 0 Å². The molecular formula is C16H15BrN2O. The van der Waals surface area contributed by atoms with Crippen LogP contribution in [-0.2, 0) is 6.42 Å². The molecule has 1 N–H and O–H groups in total. The van der Waals surface area contributed by atoms with E-state index in [0.29, 0.717) is 6.61 Å². The van der Waals surface area contributed by atoms with E-state index in [-0.39, 0.29) is 0 Å². The van der Waals surface area contributed by atoms with Gasteiger partial charge in [-0.3, -0.25) is 0 Å². The minimum Gasteiger partial charge on any atom is -0.493 e. The highest BCUT2D eigenvalue weighted by Gasteiger charge is 2.03. The average molecular weight is 331 g/mol. The van der Waals surface area contributed by atoms with E-state index in [9.17, 15) is 0 Å². The van der Waals surface area contributed by atoms with Crippen LogP contribution in [0.5, 0.6) is 5.75 Å². The van der Waals surface area contributed by atoms with Gasteiger partial charge < -0.3 is 9.72 Å². The highest BCUT2D eigenvalue weighted by atomic mass is 79.9. The van der Waals surface area contributed by atoms with Gasteiger partial charge in [0.05, 0.1) is 17.6 Å². The van der Waals surface area contributed by atoms with Crippen molar-refractivity contribution in [2.45, 2.75) is 13.3 Å². The molecule has 3 rings (SSSR count). The van der Waals surface area contributed by atoms with Gasteiger partial charge in [0.1, 0.15) is 11.6 Å². The molecule has 0 aliphatic carbocycles. The van der Waals surface area contributed by atoms with Crippen LogP contribution in [0.4, 0.5) is 0 Å². The Kier molecular flexibility index (Phi) is 3.74. The average Bonchev–Trinajstić information content (AvgIpc) is 2.83. The molecule has 102 valence electrons. The molecule has 1 aromatic heterocycles. The summed E-state index contributed by atoms with van der Waals surface area (Å²) in [4.78, 5) is 7.85. The Balaban J connectivity index is 1.63. The third-order valence-electron chi connectivity index (χ3n) is 3.12. The lowest BCUT2D eigenvalue weighted by atomic mass is 10.2. The van der Waals surface area contributed by atoms with Crippen molar-refractivity contribution in [2.75, 3.05) is 6.61 Å². The Morgan fingerprint density at radius 3 is 2.75 bits per heavy atom. The number of nitrogens with one attached hydrogen (secondary N) is 1. The molecule has 0 amide bonds. The summed E-state index contributed by atoms with van der Waals surface area (Å²) in [5.74, 6) is 1.85. The second-order valence-corrected chi connectivity index (χ2v) is 5.67. The van der Waals surface area contributed by atoms with Gasteiger partial charge in [-0.1, -0.05) is 33.6 Å². The Morgan fingerprint density at radius 1 is 1.15 bits per heavy atom. The highest BCUT2D eigenvalue weighted by molar-refractivity contribution is 9.10. The van der Waals surface area contributed by atoms with Crippen molar-refractivity contribution in [1.29, 1.82) is 0 Å². The molecular weight excluding hydrogens is 316 g/mol. The smallest absolute Gasteiger partial charge is 0.119 e. The summed E-state index contributed by atoms with van der Waals surface area (Å²) in [7, 11) is 0. The first-order chi connectivity index (χ1) is 9.70. The molecule has 3 aromatic rings. The number of fused-ring (bicyclic) bond motifs is 1. The number of aromatic nitrogens is 2. The van der Waals surface area contributed by atoms with Gasteiger partial charge in [-0.05, 0) is 37.3 Å². The molecule has 20 heavy (non-hydrogen) atoms. The molecule has 0 fully saturated rings. The Bertz CT molecular complexity index is 719. The van der Waals surface area contributed by atoms with Gasteiger partial charge in [-0.25, -0.2) is 4.98 Å². The van der Waals surface area contributed by atoms with Crippen molar-refractivity contribution in [3.05, 3.63) is 58.3 Å². The fraction of sp³-hybridized carbons (Fsp3) is 0.188. The van der Waals surface area contributed by atoms with Crippen LogP contribution in [-0.4, -0.2) is 16.6 Å². The van der Waals surface area contributed by atoms with Crippen molar-refractivity contribution < 1.29 is 4.74 Å². The molecule has 0 atom stereocenters. The van der Waals surface area contributed by atoms with Gasteiger partial charge in [0.15, 0.2) is 0 Å². The first-order valence-corrected chi connectivity index (χ1v) is 7.33. The van der Waals surface area contributed by atoms with Gasteiger partial charge in [0, 0.05) is 10.9 Å². The van der Waals surface area contributed by atoms with Gasteiger partial charge >= 0.3 is 0 Å². The van der Waals surface area contributed by atoms with Crippen LogP contribution in [0.25, 0.3) is 11.0 Å². The molecule has 0 radical (unpaired) electrons. The molecule has 0 saturated heterocycles. The van der Waals surface area contributed by atoms with E-state index in [0.717, 1.165) is 33.5 Å². The summed E-state index contributed by atoms with van der Waals surface area (Å²) >= 11 is 3.46. The summed E-state index contributed by atoms with van der Waals surface area (Å²) in [6.45, 7) is 2.68. The van der Waals surface area contributed by atoms with Crippen LogP contribution in [0.1, 0.15) is 11.4 Å². The van der Waals surface area contributed by atoms with Gasteiger partial charge in [0.25, 0.3) is 0 Å². The first-order valence-electron chi connectivity index (χ1n) is 6.54. The third kappa shape index (κ3) is 3.02. The van der Waals surface area contributed by atoms with E-state index in [1.807, 2.05) is 42.5 Å². The second-order valence-electron chi connectivity index (χ2n) is 4.76. The number of hydrogen-bond acceptors (Lipinski definition) is 2. The molecule has 0 aliphatic rings. The maximum Gasteiger partial charge on any atom is 0.119 e. The predicted octanol–water partition coefficient (Wildman–Crippen LogP) is 4.26. The Hall–Kier alpha value is -1.81. The largest absolute Gasteiger partial charge is 0.493 e. The lowest BCUT2D eigenvalue weighted by Crippen LogP contribution is -2.02. The summed E-state index contributed by atoms with van der Waals surface area (Å²) in [5, 5.41) is 0. The van der Waals surface area contributed by atoms with Gasteiger partial charge in [0.2, 0.25) is 0 Å². The van der Waals surface area contributed by atoms with Crippen LogP contribution in [0, 0.1) is 6.92 Å². The summed E-state index contributed by atoms with van der Waals surface area (Å²) < 4.78 is 6.77. The molecule has 2 aromatic carbocycles. The van der Waals surface area contributed by atoms with E-state index in [1.54, 1.807) is 0 Å². The molecule has 1 heterocycles. The minimum absolute atomic E-state index is 0.615. The molecule has 0 spiro atoms. The van der Waals surface area contributed by atoms with Crippen LogP contribution in [0.2, 0.25) is 0 Å². The Morgan fingerprint density at radius 2 is 1.95 bits per heavy atom. The fourth-order valence-corrected chi connectivity index (χ4v) is 2.41. The van der Waals surface area contributed by atoms with Crippen LogP contribution >= 0.6 is 15.9 Å². The molecule has 0 unspecified atom stereocenters. The quantitative estimate of drug-likeness (QED) is 0.776. The summed E-state index contributed by atoms with van der Waals surface area (Å²) in [5.41, 5.74) is 3.27. The molecule has 0 aliphatic heterocycles. The van der Waals surface area contributed by atoms with Gasteiger partial charge in [-0.15, -0.1) is 0 Å². The van der Waals surface area contributed by atoms with Crippen LogP contribution in [0.3, 0.4) is 0 Å². The number of benzene rings is 2. The van der Waals surface area contributed by atoms with E-state index in [1.165, 1.54) is 5.56 Å². The number of ether oxygens (including phenoxy) is 1. The van der Waals surface area contributed by atoms with Crippen molar-refractivity contribution >= 4 is 27.0 Å². The lowest BCUT2D eigenvalue weighted by molar-refractivity contribution is 0.319. The highest BCUT2D eigenvalue weighted by Crippen LogP contribution is 2.18. The second kappa shape index (κ2) is 5.67. The summed E-state index contributed by atoms with van der Waals surface area (Å²) in [6, 6.07) is 14.1. The predicted molar refractivity (Wildman–Crippen MR) is 84.2 cm³/mol. The number of aromatic amines is 1. The lowest BCUT2D eigenvalue weighted by Gasteiger charge is -2.04. The molecule has 3 nitrogen and oxygen atoms in total. The zero-order valence-corrected chi connectivity index (χ0v) is 12.8. The maximum absolute atomic E-state index is 5.72. The number of H-pyrrole nitrogens is 1. The monoisotopic (exact) mass is 330 g/mol. The zero-order valence-electron chi connectivity index (χ0n) is 11.2. The third-order valence-corrected chi connectivity index (χ3v) is 3.61. The van der Waals surface area contributed by atoms with Crippen LogP contribution < -0.4 is 4.74 Å². The van der Waals surface area contributed by atoms with E-state index in [2.05, 4.69) is 32.8 Å². The maximum atomic E-state index is 5.72. The van der Waals surface area contributed by atoms with Crippen molar-refractivity contribution in [3.63, 3.8) is 0 Å². The summed E-state index contributed by atoms with van der Waals surface area (Å²) in [6.07, 6.45) is 0.764. The number of rotatable bonds is 4. The number of nitrogens with zero attached hydrogens (tertiary/aromatic N) is 1. The topological polar surface area (TPSA) is 37.9 Å². The van der Waals surface area contributed by atoms with Crippen molar-refractivity contribution in [2.24, 2.45) is 0 Å². The van der Waals surface area contributed by atoms with Gasteiger partial charge in [-0.2, -0.15) is 0 Å². The first kappa shape index (κ1) is 13.2. The SMILES string of the molecule is Cc1ccc(OCCc2nc3ccc(Br)cc3[nH]2)cc1. The van der Waals surface area contributed by atoms with E-state index in [4.69, 9.17) is 4.74 Å². The number of hydrogen-bond donors (Lipinski definition) is 1. The Labute approximate surface area is 126 Å². The number of imidazole rings is 1. The molecule has 0 bridgehead atoms. The normalized spacial score (nSPS) is 10.9. The standard InChI is InChI=1S/C16H15BrN2O/c1-11-2-5-13(6-3-11)20-9-8-16-18-14-7-4-12(17)10-15(14)19-16/h2-7,10H,8-9H2,1H3,(H,18,19). The number of halogens is 1. The zero-order chi connectivity index (χ0) is 13.9.